The number of hydrogen-bond acceptors (Lipinski definition) is 5. The van der Waals surface area contributed by atoms with E-state index in [-0.39, 0.29) is 6.54 Å². The first-order chi connectivity index (χ1) is 13.9. The Balaban J connectivity index is 1.68. The number of imide groups is 1. The average molecular weight is 397 g/mol. The zero-order valence-corrected chi connectivity index (χ0v) is 16.5. The van der Waals surface area contributed by atoms with Gasteiger partial charge in [-0.15, -0.1) is 0 Å². The van der Waals surface area contributed by atoms with Crippen molar-refractivity contribution in [2.45, 2.75) is 19.4 Å². The molecule has 0 radical (unpaired) electrons. The van der Waals surface area contributed by atoms with Gasteiger partial charge in [0.05, 0.1) is 13.7 Å². The Hall–Kier alpha value is -3.55. The van der Waals surface area contributed by atoms with E-state index in [0.29, 0.717) is 29.4 Å². The topological polar surface area (TPSA) is 97.0 Å². The lowest BCUT2D eigenvalue weighted by atomic mass is 9.92. The summed E-state index contributed by atoms with van der Waals surface area (Å²) in [6.07, 6.45) is 0. The molecule has 0 aromatic heterocycles. The molecule has 1 heterocycles. The van der Waals surface area contributed by atoms with Gasteiger partial charge >= 0.3 is 6.03 Å². The Morgan fingerprint density at radius 2 is 1.69 bits per heavy atom. The van der Waals surface area contributed by atoms with Gasteiger partial charge in [0.25, 0.3) is 5.91 Å². The molecule has 1 unspecified atom stereocenters. The number of methoxy groups -OCH3 is 1. The van der Waals surface area contributed by atoms with E-state index >= 15 is 0 Å². The Morgan fingerprint density at radius 3 is 2.28 bits per heavy atom. The highest BCUT2D eigenvalue weighted by molar-refractivity contribution is 6.10. The first kappa shape index (κ1) is 20.2. The first-order valence-corrected chi connectivity index (χ1v) is 9.18. The molecule has 8 heteroatoms. The van der Waals surface area contributed by atoms with Gasteiger partial charge in [0.2, 0.25) is 5.91 Å². The van der Waals surface area contributed by atoms with Crippen LogP contribution in [0.15, 0.2) is 48.5 Å². The maximum Gasteiger partial charge on any atom is 0.325 e. The fourth-order valence-corrected chi connectivity index (χ4v) is 3.11. The number of carbonyl (C=O) groups excluding carboxylic acids is 3. The molecule has 2 aromatic rings. The summed E-state index contributed by atoms with van der Waals surface area (Å²) in [5, 5.41) is 5.35. The quantitative estimate of drug-likeness (QED) is 0.700. The van der Waals surface area contributed by atoms with Gasteiger partial charge in [-0.05, 0) is 55.8 Å². The third-order valence-electron chi connectivity index (χ3n) is 4.69. The number of rotatable bonds is 7. The lowest BCUT2D eigenvalue weighted by molar-refractivity contribution is -0.133. The summed E-state index contributed by atoms with van der Waals surface area (Å²) >= 11 is 0. The van der Waals surface area contributed by atoms with E-state index in [1.54, 1.807) is 62.6 Å². The smallest absolute Gasteiger partial charge is 0.325 e. The molecule has 1 aliphatic rings. The Kier molecular flexibility index (Phi) is 5.72. The molecule has 2 aromatic carbocycles. The second-order valence-corrected chi connectivity index (χ2v) is 6.68. The number of nitrogens with one attached hydrogen (secondary N) is 2. The van der Waals surface area contributed by atoms with E-state index in [1.807, 2.05) is 6.92 Å². The lowest BCUT2D eigenvalue weighted by Crippen LogP contribution is -2.42. The van der Waals surface area contributed by atoms with Crippen LogP contribution < -0.4 is 20.1 Å². The zero-order chi connectivity index (χ0) is 21.0. The molecule has 8 nitrogen and oxygen atoms in total. The predicted octanol–water partition coefficient (Wildman–Crippen LogP) is 2.50. The number of hydrogen-bond donors (Lipinski definition) is 2. The van der Waals surface area contributed by atoms with Crippen molar-refractivity contribution in [3.63, 3.8) is 0 Å². The summed E-state index contributed by atoms with van der Waals surface area (Å²) in [5.41, 5.74) is -0.0996. The van der Waals surface area contributed by atoms with Gasteiger partial charge in [-0.3, -0.25) is 14.5 Å². The zero-order valence-electron chi connectivity index (χ0n) is 16.5. The van der Waals surface area contributed by atoms with Crippen molar-refractivity contribution in [1.82, 2.24) is 10.2 Å². The van der Waals surface area contributed by atoms with E-state index in [4.69, 9.17) is 9.47 Å². The van der Waals surface area contributed by atoms with E-state index in [1.165, 1.54) is 0 Å². The third-order valence-corrected chi connectivity index (χ3v) is 4.69. The van der Waals surface area contributed by atoms with Crippen LogP contribution in [0.2, 0.25) is 0 Å². The van der Waals surface area contributed by atoms with Gasteiger partial charge in [0.15, 0.2) is 0 Å². The molecule has 0 aliphatic carbocycles. The molecule has 0 bridgehead atoms. The van der Waals surface area contributed by atoms with Crippen LogP contribution in [0, 0.1) is 0 Å². The molecule has 29 heavy (non-hydrogen) atoms. The van der Waals surface area contributed by atoms with Gasteiger partial charge in [-0.25, -0.2) is 4.79 Å². The summed E-state index contributed by atoms with van der Waals surface area (Å²) < 4.78 is 10.5. The van der Waals surface area contributed by atoms with Crippen LogP contribution in [0.1, 0.15) is 19.4 Å². The highest BCUT2D eigenvalue weighted by Gasteiger charge is 2.49. The number of amides is 4. The summed E-state index contributed by atoms with van der Waals surface area (Å²) in [4.78, 5) is 38.6. The first-order valence-electron chi connectivity index (χ1n) is 9.18. The van der Waals surface area contributed by atoms with Crippen LogP contribution in [-0.2, 0) is 15.1 Å². The van der Waals surface area contributed by atoms with Gasteiger partial charge in [-0.2, -0.15) is 0 Å². The maximum absolute atomic E-state index is 12.9. The normalized spacial score (nSPS) is 18.4. The van der Waals surface area contributed by atoms with Crippen molar-refractivity contribution >= 4 is 23.5 Å². The number of nitrogens with zero attached hydrogens (tertiary/aromatic N) is 1. The second-order valence-electron chi connectivity index (χ2n) is 6.68. The van der Waals surface area contributed by atoms with Crippen molar-refractivity contribution in [3.8, 4) is 11.5 Å². The third kappa shape index (κ3) is 4.16. The van der Waals surface area contributed by atoms with Gasteiger partial charge in [0, 0.05) is 5.69 Å². The van der Waals surface area contributed by atoms with Crippen LogP contribution in [-0.4, -0.2) is 43.0 Å². The van der Waals surface area contributed by atoms with Crippen LogP contribution in [0.4, 0.5) is 10.5 Å². The standard InChI is InChI=1S/C21H23N3O5/c1-4-29-17-11-7-15(8-12-17)22-18(25)13-24-19(26)21(2,23-20(24)27)14-5-9-16(28-3)10-6-14/h5-12H,4,13H2,1-3H3,(H,22,25)(H,23,27). The number of anilines is 1. The molecule has 1 aliphatic heterocycles. The Morgan fingerprint density at radius 1 is 1.07 bits per heavy atom. The second kappa shape index (κ2) is 8.22. The molecule has 3 rings (SSSR count). The summed E-state index contributed by atoms with van der Waals surface area (Å²) in [6.45, 7) is 3.65. The molecule has 1 fully saturated rings. The van der Waals surface area contributed by atoms with Crippen molar-refractivity contribution < 1.29 is 23.9 Å². The number of benzene rings is 2. The van der Waals surface area contributed by atoms with Crippen molar-refractivity contribution in [2.24, 2.45) is 0 Å². The highest BCUT2D eigenvalue weighted by atomic mass is 16.5. The number of ether oxygens (including phenoxy) is 2. The average Bonchev–Trinajstić information content (AvgIpc) is 2.93. The molecule has 4 amide bonds. The monoisotopic (exact) mass is 397 g/mol. The summed E-state index contributed by atoms with van der Waals surface area (Å²) in [5.74, 6) is 0.363. The summed E-state index contributed by atoms with van der Waals surface area (Å²) in [6, 6.07) is 13.1. The lowest BCUT2D eigenvalue weighted by Gasteiger charge is -2.22. The Bertz CT molecular complexity index is 911. The number of urea groups is 1. The Labute approximate surface area is 168 Å². The molecular weight excluding hydrogens is 374 g/mol. The molecule has 2 N–H and O–H groups in total. The van der Waals surface area contributed by atoms with Gasteiger partial charge < -0.3 is 20.1 Å². The van der Waals surface area contributed by atoms with E-state index in [0.717, 1.165) is 4.90 Å². The molecule has 1 saturated heterocycles. The van der Waals surface area contributed by atoms with Crippen molar-refractivity contribution in [1.29, 1.82) is 0 Å². The van der Waals surface area contributed by atoms with Crippen molar-refractivity contribution in [2.75, 3.05) is 25.6 Å². The van der Waals surface area contributed by atoms with E-state index in [9.17, 15) is 14.4 Å². The summed E-state index contributed by atoms with van der Waals surface area (Å²) in [7, 11) is 1.55. The SMILES string of the molecule is CCOc1ccc(NC(=O)CN2C(=O)NC(C)(c3ccc(OC)cc3)C2=O)cc1. The van der Waals surface area contributed by atoms with Crippen molar-refractivity contribution in [3.05, 3.63) is 54.1 Å². The molecule has 1 atom stereocenters. The fourth-order valence-electron chi connectivity index (χ4n) is 3.11. The predicted molar refractivity (Wildman–Crippen MR) is 107 cm³/mol. The minimum Gasteiger partial charge on any atom is -0.497 e. The minimum absolute atomic E-state index is 0.385. The van der Waals surface area contributed by atoms with Crippen LogP contribution in [0.5, 0.6) is 11.5 Å². The van der Waals surface area contributed by atoms with Crippen LogP contribution in [0.3, 0.4) is 0 Å². The fraction of sp³-hybridized carbons (Fsp3) is 0.286. The van der Waals surface area contributed by atoms with E-state index in [2.05, 4.69) is 10.6 Å². The molecule has 0 spiro atoms. The highest BCUT2D eigenvalue weighted by Crippen LogP contribution is 2.30. The van der Waals surface area contributed by atoms with E-state index < -0.39 is 23.4 Å². The molecule has 0 saturated carbocycles. The largest absolute Gasteiger partial charge is 0.497 e. The van der Waals surface area contributed by atoms with Crippen LogP contribution >= 0.6 is 0 Å². The maximum atomic E-state index is 12.9. The molecular formula is C21H23N3O5. The van der Waals surface area contributed by atoms with Gasteiger partial charge in [0.1, 0.15) is 23.6 Å². The molecule has 152 valence electrons. The number of carbonyl (C=O) groups is 3. The minimum atomic E-state index is -1.25. The van der Waals surface area contributed by atoms with Gasteiger partial charge in [-0.1, -0.05) is 12.1 Å². The van der Waals surface area contributed by atoms with Crippen LogP contribution in [0.25, 0.3) is 0 Å².